The van der Waals surface area contributed by atoms with Crippen LogP contribution in [0.1, 0.15) is 60.0 Å². The van der Waals surface area contributed by atoms with Gasteiger partial charge in [-0.3, -0.25) is 14.9 Å². The number of ether oxygens (including phenoxy) is 1. The molecule has 1 amide bonds. The Morgan fingerprint density at radius 2 is 1.64 bits per heavy atom. The summed E-state index contributed by atoms with van der Waals surface area (Å²) in [6.07, 6.45) is 7.73. The average molecular weight is 491 g/mol. The van der Waals surface area contributed by atoms with Gasteiger partial charge in [-0.25, -0.2) is 4.99 Å². The van der Waals surface area contributed by atoms with E-state index in [2.05, 4.69) is 10.3 Å². The Kier molecular flexibility index (Phi) is 6.71. The summed E-state index contributed by atoms with van der Waals surface area (Å²) in [5, 5.41) is 11.6. The molecule has 2 aromatic carbocycles. The highest BCUT2D eigenvalue weighted by atomic mass is 16.5. The van der Waals surface area contributed by atoms with Crippen molar-refractivity contribution in [2.75, 3.05) is 0 Å². The summed E-state index contributed by atoms with van der Waals surface area (Å²) in [6.45, 7) is 0.306. The third-order valence-corrected chi connectivity index (χ3v) is 7.93. The zero-order valence-electron chi connectivity index (χ0n) is 20.4. The van der Waals surface area contributed by atoms with Crippen molar-refractivity contribution in [3.05, 3.63) is 65.2 Å². The number of hydrogen-bond acceptors (Lipinski definition) is 5. The number of aliphatic imine (C=N–C) groups is 1. The molecule has 4 bridgehead atoms. The molecule has 8 heteroatoms. The first kappa shape index (κ1) is 24.3. The van der Waals surface area contributed by atoms with Crippen LogP contribution in [0, 0.1) is 17.8 Å². The van der Waals surface area contributed by atoms with Crippen LogP contribution in [0.5, 0.6) is 5.75 Å². The van der Waals surface area contributed by atoms with Gasteiger partial charge in [0.25, 0.3) is 5.91 Å². The van der Waals surface area contributed by atoms with Gasteiger partial charge in [-0.2, -0.15) is 0 Å². The molecule has 6 N–H and O–H groups in total. The molecule has 0 spiro atoms. The molecule has 0 aromatic heterocycles. The lowest BCUT2D eigenvalue weighted by Crippen LogP contribution is -2.53. The molecular formula is C28H34N4O4. The number of carboxylic acids is 1. The van der Waals surface area contributed by atoms with Crippen molar-refractivity contribution >= 4 is 17.8 Å². The Morgan fingerprint density at radius 3 is 2.25 bits per heavy atom. The standard InChI is InChI=1S/C28H34N4O4/c29-23(26(34)35)12-17-5-7-21(8-6-17)25(33)32-27(30)31-16-22-3-1-2-4-24(22)36-28-13-18-9-19(14-28)11-20(10-18)15-28/h1-8,18-20,23H,9-16,29H2,(H,34,35)(H3,30,31,32,33)/t18?,19?,20?,23-,28?/m0/s1. The summed E-state index contributed by atoms with van der Waals surface area (Å²) in [5.74, 6) is 1.84. The molecule has 0 radical (unpaired) electrons. The Labute approximate surface area is 211 Å². The van der Waals surface area contributed by atoms with Gasteiger partial charge in [0.05, 0.1) is 6.54 Å². The minimum atomic E-state index is -1.06. The van der Waals surface area contributed by atoms with Crippen molar-refractivity contribution in [2.45, 2.75) is 63.1 Å². The molecule has 4 aliphatic carbocycles. The average Bonchev–Trinajstić information content (AvgIpc) is 2.82. The molecule has 36 heavy (non-hydrogen) atoms. The van der Waals surface area contributed by atoms with E-state index in [0.717, 1.165) is 53.9 Å². The zero-order valence-corrected chi connectivity index (χ0v) is 20.4. The summed E-state index contributed by atoms with van der Waals surface area (Å²) in [5.41, 5.74) is 13.6. The minimum absolute atomic E-state index is 0.0292. The Morgan fingerprint density at radius 1 is 1.03 bits per heavy atom. The number of nitrogens with one attached hydrogen (secondary N) is 1. The number of hydrogen-bond donors (Lipinski definition) is 4. The maximum Gasteiger partial charge on any atom is 0.320 e. The molecule has 0 heterocycles. The van der Waals surface area contributed by atoms with Crippen LogP contribution in [-0.4, -0.2) is 34.6 Å². The van der Waals surface area contributed by atoms with Crippen LogP contribution >= 0.6 is 0 Å². The van der Waals surface area contributed by atoms with Crippen LogP contribution in [-0.2, 0) is 17.8 Å². The van der Waals surface area contributed by atoms with E-state index in [1.54, 1.807) is 24.3 Å². The van der Waals surface area contributed by atoms with E-state index in [1.165, 1.54) is 19.3 Å². The zero-order chi connectivity index (χ0) is 25.3. The van der Waals surface area contributed by atoms with Gasteiger partial charge in [-0.1, -0.05) is 30.3 Å². The largest absolute Gasteiger partial charge is 0.487 e. The fourth-order valence-corrected chi connectivity index (χ4v) is 6.66. The number of amides is 1. The molecule has 8 nitrogen and oxygen atoms in total. The molecule has 4 aliphatic rings. The van der Waals surface area contributed by atoms with E-state index >= 15 is 0 Å². The molecular weight excluding hydrogens is 456 g/mol. The normalized spacial score (nSPS) is 27.5. The number of guanidine groups is 1. The van der Waals surface area contributed by atoms with E-state index in [4.69, 9.17) is 21.3 Å². The number of rotatable bonds is 8. The summed E-state index contributed by atoms with van der Waals surface area (Å²) < 4.78 is 6.74. The van der Waals surface area contributed by atoms with Gasteiger partial charge in [-0.05, 0) is 86.5 Å². The molecule has 4 fully saturated rings. The predicted molar refractivity (Wildman–Crippen MR) is 137 cm³/mol. The first-order valence-corrected chi connectivity index (χ1v) is 12.7. The lowest BCUT2D eigenvalue weighted by molar-refractivity contribution is -0.138. The predicted octanol–water partition coefficient (Wildman–Crippen LogP) is 3.23. The third kappa shape index (κ3) is 5.38. The second-order valence-corrected chi connectivity index (χ2v) is 10.8. The Bertz CT molecular complexity index is 1130. The summed E-state index contributed by atoms with van der Waals surface area (Å²) >= 11 is 0. The molecule has 0 unspecified atom stereocenters. The van der Waals surface area contributed by atoms with Gasteiger partial charge in [0.1, 0.15) is 17.4 Å². The van der Waals surface area contributed by atoms with Crippen LogP contribution in [0.25, 0.3) is 0 Å². The van der Waals surface area contributed by atoms with E-state index in [1.807, 2.05) is 24.3 Å². The van der Waals surface area contributed by atoms with E-state index in [-0.39, 0.29) is 23.9 Å². The van der Waals surface area contributed by atoms with Crippen molar-refractivity contribution in [1.29, 1.82) is 0 Å². The Balaban J connectivity index is 1.20. The highest BCUT2D eigenvalue weighted by Gasteiger charge is 2.52. The van der Waals surface area contributed by atoms with Crippen LogP contribution in [0.3, 0.4) is 0 Å². The Hall–Kier alpha value is -3.39. The monoisotopic (exact) mass is 490 g/mol. The fraction of sp³-hybridized carbons (Fsp3) is 0.464. The van der Waals surface area contributed by atoms with Crippen molar-refractivity contribution in [2.24, 2.45) is 34.2 Å². The molecule has 0 saturated heterocycles. The smallest absolute Gasteiger partial charge is 0.320 e. The van der Waals surface area contributed by atoms with Crippen LogP contribution in [0.4, 0.5) is 0 Å². The lowest BCUT2D eigenvalue weighted by atomic mass is 9.54. The SMILES string of the molecule is NC(=NCc1ccccc1OC12CC3CC(CC(C3)C1)C2)NC(=O)c1ccc(C[C@H](N)C(=O)O)cc1. The third-order valence-electron chi connectivity index (χ3n) is 7.93. The summed E-state index contributed by atoms with van der Waals surface area (Å²) in [7, 11) is 0. The molecule has 0 aliphatic heterocycles. The number of carboxylic acid groups (broad SMARTS) is 1. The van der Waals surface area contributed by atoms with Crippen molar-refractivity contribution in [3.63, 3.8) is 0 Å². The second-order valence-electron chi connectivity index (χ2n) is 10.8. The highest BCUT2D eigenvalue weighted by Crippen LogP contribution is 2.57. The lowest BCUT2D eigenvalue weighted by Gasteiger charge is -2.56. The van der Waals surface area contributed by atoms with Gasteiger partial charge in [-0.15, -0.1) is 0 Å². The van der Waals surface area contributed by atoms with Crippen molar-refractivity contribution in [1.82, 2.24) is 5.32 Å². The topological polar surface area (TPSA) is 140 Å². The highest BCUT2D eigenvalue weighted by molar-refractivity contribution is 6.05. The molecule has 190 valence electrons. The number of nitrogens with zero attached hydrogens (tertiary/aromatic N) is 1. The quantitative estimate of drug-likeness (QED) is 0.331. The van der Waals surface area contributed by atoms with Crippen molar-refractivity contribution in [3.8, 4) is 5.75 Å². The van der Waals surface area contributed by atoms with Crippen LogP contribution in [0.2, 0.25) is 0 Å². The maximum absolute atomic E-state index is 12.6. The number of carbonyl (C=O) groups excluding carboxylic acids is 1. The van der Waals surface area contributed by atoms with E-state index in [9.17, 15) is 9.59 Å². The molecule has 1 atom stereocenters. The van der Waals surface area contributed by atoms with Gasteiger partial charge in [0.2, 0.25) is 0 Å². The molecule has 4 saturated carbocycles. The number of aliphatic carboxylic acids is 1. The molecule has 6 rings (SSSR count). The second kappa shape index (κ2) is 9.93. The number of benzene rings is 2. The van der Waals surface area contributed by atoms with E-state index in [0.29, 0.717) is 12.1 Å². The number of carbonyl (C=O) groups is 2. The first-order valence-electron chi connectivity index (χ1n) is 12.7. The van der Waals surface area contributed by atoms with Gasteiger partial charge in [0, 0.05) is 11.1 Å². The van der Waals surface area contributed by atoms with Crippen LogP contribution < -0.4 is 21.5 Å². The van der Waals surface area contributed by atoms with E-state index < -0.39 is 12.0 Å². The maximum atomic E-state index is 12.6. The van der Waals surface area contributed by atoms with Gasteiger partial charge < -0.3 is 21.3 Å². The summed E-state index contributed by atoms with van der Waals surface area (Å²) in [6, 6.07) is 13.6. The minimum Gasteiger partial charge on any atom is -0.487 e. The first-order chi connectivity index (χ1) is 17.3. The van der Waals surface area contributed by atoms with Gasteiger partial charge in [0.15, 0.2) is 5.96 Å². The van der Waals surface area contributed by atoms with Gasteiger partial charge >= 0.3 is 5.97 Å². The van der Waals surface area contributed by atoms with Crippen molar-refractivity contribution < 1.29 is 19.4 Å². The number of para-hydroxylation sites is 1. The summed E-state index contributed by atoms with van der Waals surface area (Å²) in [4.78, 5) is 27.9. The van der Waals surface area contributed by atoms with Crippen LogP contribution in [0.15, 0.2) is 53.5 Å². The number of nitrogens with two attached hydrogens (primary N) is 2. The molecule has 2 aromatic rings. The fourth-order valence-electron chi connectivity index (χ4n) is 6.66.